The Labute approximate surface area is 108 Å². The maximum atomic E-state index is 3.34. The van der Waals surface area contributed by atoms with E-state index in [0.717, 1.165) is 17.9 Å². The van der Waals surface area contributed by atoms with Crippen molar-refractivity contribution in [3.8, 4) is 0 Å². The molecule has 0 aromatic carbocycles. The van der Waals surface area contributed by atoms with Crippen molar-refractivity contribution >= 4 is 0 Å². The summed E-state index contributed by atoms with van der Waals surface area (Å²) >= 11 is 0. The maximum absolute atomic E-state index is 3.34. The Balaban J connectivity index is 2.44. The van der Waals surface area contributed by atoms with Crippen molar-refractivity contribution in [2.75, 3.05) is 47.3 Å². The van der Waals surface area contributed by atoms with Crippen molar-refractivity contribution in [3.63, 3.8) is 0 Å². The van der Waals surface area contributed by atoms with E-state index in [4.69, 9.17) is 0 Å². The van der Waals surface area contributed by atoms with E-state index in [1.165, 1.54) is 39.0 Å². The van der Waals surface area contributed by atoms with Crippen molar-refractivity contribution in [2.24, 2.45) is 11.8 Å². The molecule has 3 nitrogen and oxygen atoms in total. The lowest BCUT2D eigenvalue weighted by Gasteiger charge is -2.45. The average Bonchev–Trinajstić information content (AvgIpc) is 2.20. The fourth-order valence-corrected chi connectivity index (χ4v) is 2.72. The summed E-state index contributed by atoms with van der Waals surface area (Å²) in [5.41, 5.74) is 0. The third-order valence-corrected chi connectivity index (χ3v) is 3.75. The molecule has 0 spiro atoms. The van der Waals surface area contributed by atoms with Gasteiger partial charge in [-0.1, -0.05) is 13.8 Å². The zero-order valence-corrected chi connectivity index (χ0v) is 12.4. The van der Waals surface area contributed by atoms with Gasteiger partial charge < -0.3 is 10.2 Å². The van der Waals surface area contributed by atoms with Crippen molar-refractivity contribution in [1.29, 1.82) is 0 Å². The van der Waals surface area contributed by atoms with Crippen LogP contribution in [0.5, 0.6) is 0 Å². The standard InChI is InChI=1S/C14H31N3/c1-12(2)11-17(9-8-16(4)5)14-7-6-13(14)10-15-3/h12-15H,6-11H2,1-5H3. The van der Waals surface area contributed by atoms with Crippen LogP contribution in [0.2, 0.25) is 0 Å². The van der Waals surface area contributed by atoms with Crippen LogP contribution in [0.25, 0.3) is 0 Å². The van der Waals surface area contributed by atoms with Gasteiger partial charge in [-0.25, -0.2) is 0 Å². The molecule has 2 unspecified atom stereocenters. The van der Waals surface area contributed by atoms with Gasteiger partial charge in [-0.15, -0.1) is 0 Å². The molecule has 1 aliphatic carbocycles. The second-order valence-electron chi connectivity index (χ2n) is 6.15. The van der Waals surface area contributed by atoms with Crippen molar-refractivity contribution in [1.82, 2.24) is 15.1 Å². The summed E-state index contributed by atoms with van der Waals surface area (Å²) < 4.78 is 0. The van der Waals surface area contributed by atoms with E-state index in [1.807, 2.05) is 0 Å². The minimum Gasteiger partial charge on any atom is -0.319 e. The number of rotatable bonds is 8. The van der Waals surface area contributed by atoms with Crippen LogP contribution in [-0.4, -0.2) is 63.2 Å². The van der Waals surface area contributed by atoms with Crippen LogP contribution in [-0.2, 0) is 0 Å². The number of nitrogens with zero attached hydrogens (tertiary/aromatic N) is 2. The fourth-order valence-electron chi connectivity index (χ4n) is 2.72. The normalized spacial score (nSPS) is 24.7. The lowest BCUT2D eigenvalue weighted by molar-refractivity contribution is 0.0487. The highest BCUT2D eigenvalue weighted by molar-refractivity contribution is 4.90. The summed E-state index contributed by atoms with van der Waals surface area (Å²) in [4.78, 5) is 5.01. The second kappa shape index (κ2) is 7.34. The Hall–Kier alpha value is -0.120. The third kappa shape index (κ3) is 4.94. The van der Waals surface area contributed by atoms with Gasteiger partial charge in [0.15, 0.2) is 0 Å². The van der Waals surface area contributed by atoms with Crippen LogP contribution in [0, 0.1) is 11.8 Å². The second-order valence-corrected chi connectivity index (χ2v) is 6.15. The van der Waals surface area contributed by atoms with E-state index in [0.29, 0.717) is 0 Å². The van der Waals surface area contributed by atoms with Crippen LogP contribution >= 0.6 is 0 Å². The van der Waals surface area contributed by atoms with Gasteiger partial charge >= 0.3 is 0 Å². The van der Waals surface area contributed by atoms with E-state index < -0.39 is 0 Å². The van der Waals surface area contributed by atoms with Gasteiger partial charge in [-0.2, -0.15) is 0 Å². The van der Waals surface area contributed by atoms with Gasteiger partial charge in [0, 0.05) is 25.7 Å². The minimum absolute atomic E-state index is 0.771. The molecular formula is C14H31N3. The molecule has 2 atom stereocenters. The Kier molecular flexibility index (Phi) is 6.45. The highest BCUT2D eigenvalue weighted by atomic mass is 15.2. The van der Waals surface area contributed by atoms with Crippen molar-refractivity contribution in [2.45, 2.75) is 32.7 Å². The predicted molar refractivity (Wildman–Crippen MR) is 75.4 cm³/mol. The number of likely N-dealkylation sites (N-methyl/N-ethyl adjacent to an activating group) is 1. The topological polar surface area (TPSA) is 18.5 Å². The van der Waals surface area contributed by atoms with Crippen LogP contribution < -0.4 is 5.32 Å². The van der Waals surface area contributed by atoms with E-state index in [2.05, 4.69) is 50.1 Å². The van der Waals surface area contributed by atoms with Gasteiger partial charge in [-0.3, -0.25) is 4.90 Å². The lowest BCUT2D eigenvalue weighted by atomic mass is 9.78. The largest absolute Gasteiger partial charge is 0.319 e. The van der Waals surface area contributed by atoms with Crippen LogP contribution in [0.3, 0.4) is 0 Å². The molecule has 0 heterocycles. The SMILES string of the molecule is CNCC1CCC1N(CCN(C)C)CC(C)C. The molecule has 1 rings (SSSR count). The fraction of sp³-hybridized carbons (Fsp3) is 1.00. The molecule has 0 aromatic heterocycles. The first-order valence-corrected chi connectivity index (χ1v) is 7.08. The Morgan fingerprint density at radius 2 is 1.88 bits per heavy atom. The molecule has 0 bridgehead atoms. The monoisotopic (exact) mass is 241 g/mol. The number of nitrogens with one attached hydrogen (secondary N) is 1. The molecule has 0 aliphatic heterocycles. The molecule has 1 fully saturated rings. The number of hydrogen-bond acceptors (Lipinski definition) is 3. The van der Waals surface area contributed by atoms with E-state index in [1.54, 1.807) is 0 Å². The van der Waals surface area contributed by atoms with Gasteiger partial charge in [-0.05, 0) is 52.4 Å². The maximum Gasteiger partial charge on any atom is 0.0136 e. The van der Waals surface area contributed by atoms with Gasteiger partial charge in [0.05, 0.1) is 0 Å². The number of hydrogen-bond donors (Lipinski definition) is 1. The molecule has 1 aliphatic rings. The van der Waals surface area contributed by atoms with Gasteiger partial charge in [0.2, 0.25) is 0 Å². The molecular weight excluding hydrogens is 210 g/mol. The summed E-state index contributed by atoms with van der Waals surface area (Å²) in [5.74, 6) is 1.65. The summed E-state index contributed by atoms with van der Waals surface area (Å²) in [5, 5.41) is 3.34. The highest BCUT2D eigenvalue weighted by Gasteiger charge is 2.34. The van der Waals surface area contributed by atoms with Gasteiger partial charge in [0.25, 0.3) is 0 Å². The zero-order chi connectivity index (χ0) is 12.8. The summed E-state index contributed by atoms with van der Waals surface area (Å²) in [7, 11) is 6.40. The first-order valence-electron chi connectivity index (χ1n) is 7.08. The molecule has 102 valence electrons. The first-order chi connectivity index (χ1) is 8.04. The molecule has 0 aromatic rings. The smallest absolute Gasteiger partial charge is 0.0136 e. The van der Waals surface area contributed by atoms with E-state index in [9.17, 15) is 0 Å². The van der Waals surface area contributed by atoms with Crippen molar-refractivity contribution < 1.29 is 0 Å². The summed E-state index contributed by atoms with van der Waals surface area (Å²) in [6, 6.07) is 0.824. The zero-order valence-electron chi connectivity index (χ0n) is 12.4. The van der Waals surface area contributed by atoms with Crippen LogP contribution in [0.4, 0.5) is 0 Å². The first kappa shape index (κ1) is 14.9. The Morgan fingerprint density at radius 1 is 1.18 bits per heavy atom. The summed E-state index contributed by atoms with van der Waals surface area (Å²) in [6.07, 6.45) is 2.80. The highest BCUT2D eigenvalue weighted by Crippen LogP contribution is 2.32. The quantitative estimate of drug-likeness (QED) is 0.695. The van der Waals surface area contributed by atoms with Crippen molar-refractivity contribution in [3.05, 3.63) is 0 Å². The molecule has 1 N–H and O–H groups in total. The molecule has 17 heavy (non-hydrogen) atoms. The van der Waals surface area contributed by atoms with E-state index >= 15 is 0 Å². The van der Waals surface area contributed by atoms with Crippen LogP contribution in [0.15, 0.2) is 0 Å². The predicted octanol–water partition coefficient (Wildman–Crippen LogP) is 1.50. The Bertz CT molecular complexity index is 204. The molecule has 3 heteroatoms. The summed E-state index contributed by atoms with van der Waals surface area (Å²) in [6.45, 7) is 9.48. The van der Waals surface area contributed by atoms with E-state index in [-0.39, 0.29) is 0 Å². The lowest BCUT2D eigenvalue weighted by Crippen LogP contribution is -2.52. The molecule has 0 saturated heterocycles. The third-order valence-electron chi connectivity index (χ3n) is 3.75. The minimum atomic E-state index is 0.771. The van der Waals surface area contributed by atoms with Crippen LogP contribution in [0.1, 0.15) is 26.7 Å². The van der Waals surface area contributed by atoms with Gasteiger partial charge in [0.1, 0.15) is 0 Å². The molecule has 0 radical (unpaired) electrons. The molecule has 1 saturated carbocycles. The molecule has 0 amide bonds. The Morgan fingerprint density at radius 3 is 2.29 bits per heavy atom. The average molecular weight is 241 g/mol.